The zero-order valence-electron chi connectivity index (χ0n) is 9.99. The first-order valence-corrected chi connectivity index (χ1v) is 6.02. The van der Waals surface area contributed by atoms with Gasteiger partial charge in [0.25, 0.3) is 0 Å². The summed E-state index contributed by atoms with van der Waals surface area (Å²) in [6.45, 7) is 0.467. The maximum absolute atomic E-state index is 12.9. The van der Waals surface area contributed by atoms with E-state index in [0.717, 1.165) is 11.3 Å². The van der Waals surface area contributed by atoms with E-state index in [0.29, 0.717) is 17.1 Å². The monoisotopic (exact) mass is 278 g/mol. The molecule has 0 saturated carbocycles. The lowest BCUT2D eigenvalue weighted by atomic mass is 10.2. The van der Waals surface area contributed by atoms with E-state index < -0.39 is 5.91 Å². The van der Waals surface area contributed by atoms with Crippen molar-refractivity contribution in [2.24, 2.45) is 5.73 Å². The molecule has 0 fully saturated rings. The number of nitrogens with two attached hydrogens (primary N) is 1. The van der Waals surface area contributed by atoms with Crippen LogP contribution in [0.15, 0.2) is 42.5 Å². The average molecular weight is 279 g/mol. The Balaban J connectivity index is 2.04. The van der Waals surface area contributed by atoms with Gasteiger partial charge in [0, 0.05) is 22.8 Å². The van der Waals surface area contributed by atoms with Crippen molar-refractivity contribution in [1.82, 2.24) is 0 Å². The van der Waals surface area contributed by atoms with E-state index in [2.05, 4.69) is 5.32 Å². The SMILES string of the molecule is NC(=O)c1ccc(NCc2ccc(F)cc2Cl)cc1. The van der Waals surface area contributed by atoms with Gasteiger partial charge in [0.2, 0.25) is 5.91 Å². The second-order valence-electron chi connectivity index (χ2n) is 4.03. The number of hydrogen-bond donors (Lipinski definition) is 2. The van der Waals surface area contributed by atoms with Gasteiger partial charge in [-0.2, -0.15) is 0 Å². The molecule has 0 unspecified atom stereocenters. The number of rotatable bonds is 4. The fraction of sp³-hybridized carbons (Fsp3) is 0.0714. The molecule has 0 aliphatic heterocycles. The normalized spacial score (nSPS) is 10.2. The smallest absolute Gasteiger partial charge is 0.248 e. The van der Waals surface area contributed by atoms with Crippen LogP contribution in [0.4, 0.5) is 10.1 Å². The van der Waals surface area contributed by atoms with Crippen molar-refractivity contribution >= 4 is 23.2 Å². The van der Waals surface area contributed by atoms with Gasteiger partial charge in [-0.1, -0.05) is 17.7 Å². The van der Waals surface area contributed by atoms with E-state index in [1.807, 2.05) is 0 Å². The molecule has 0 heterocycles. The van der Waals surface area contributed by atoms with Gasteiger partial charge in [-0.15, -0.1) is 0 Å². The Kier molecular flexibility index (Phi) is 4.02. The Morgan fingerprint density at radius 3 is 2.47 bits per heavy atom. The van der Waals surface area contributed by atoms with Gasteiger partial charge < -0.3 is 11.1 Å². The largest absolute Gasteiger partial charge is 0.381 e. The first-order valence-electron chi connectivity index (χ1n) is 5.64. The quantitative estimate of drug-likeness (QED) is 0.902. The minimum absolute atomic E-state index is 0.362. The number of halogens is 2. The maximum atomic E-state index is 12.9. The summed E-state index contributed by atoms with van der Waals surface area (Å²) in [6, 6.07) is 11.0. The lowest BCUT2D eigenvalue weighted by Crippen LogP contribution is -2.10. The van der Waals surface area contributed by atoms with Gasteiger partial charge in [-0.3, -0.25) is 4.79 Å². The van der Waals surface area contributed by atoms with Crippen molar-refractivity contribution in [1.29, 1.82) is 0 Å². The van der Waals surface area contributed by atoms with Crippen LogP contribution in [0.1, 0.15) is 15.9 Å². The first kappa shape index (κ1) is 13.4. The predicted molar refractivity (Wildman–Crippen MR) is 73.7 cm³/mol. The molecule has 19 heavy (non-hydrogen) atoms. The molecule has 5 heteroatoms. The highest BCUT2D eigenvalue weighted by Crippen LogP contribution is 2.19. The van der Waals surface area contributed by atoms with Crippen molar-refractivity contribution in [2.75, 3.05) is 5.32 Å². The van der Waals surface area contributed by atoms with Crippen LogP contribution in [0.25, 0.3) is 0 Å². The highest BCUT2D eigenvalue weighted by molar-refractivity contribution is 6.31. The molecule has 3 N–H and O–H groups in total. The van der Waals surface area contributed by atoms with Crippen LogP contribution in [0.5, 0.6) is 0 Å². The maximum Gasteiger partial charge on any atom is 0.248 e. The van der Waals surface area contributed by atoms with Crippen molar-refractivity contribution in [3.63, 3.8) is 0 Å². The van der Waals surface area contributed by atoms with Gasteiger partial charge in [0.1, 0.15) is 5.82 Å². The van der Waals surface area contributed by atoms with Crippen LogP contribution >= 0.6 is 11.6 Å². The molecule has 0 bridgehead atoms. The van der Waals surface area contributed by atoms with Crippen molar-refractivity contribution in [3.05, 3.63) is 64.4 Å². The summed E-state index contributed by atoms with van der Waals surface area (Å²) >= 11 is 5.92. The molecule has 1 amide bonds. The van der Waals surface area contributed by atoms with Crippen molar-refractivity contribution in [3.8, 4) is 0 Å². The zero-order valence-corrected chi connectivity index (χ0v) is 10.7. The number of nitrogens with one attached hydrogen (secondary N) is 1. The second kappa shape index (κ2) is 5.71. The highest BCUT2D eigenvalue weighted by Gasteiger charge is 2.03. The van der Waals surface area contributed by atoms with E-state index in [9.17, 15) is 9.18 Å². The van der Waals surface area contributed by atoms with Gasteiger partial charge >= 0.3 is 0 Å². The molecule has 0 aliphatic carbocycles. The molecular weight excluding hydrogens is 267 g/mol. The number of carbonyl (C=O) groups excluding carboxylic acids is 1. The number of amides is 1. The molecule has 2 aromatic carbocycles. The van der Waals surface area contributed by atoms with Crippen LogP contribution in [-0.4, -0.2) is 5.91 Å². The van der Waals surface area contributed by atoms with Gasteiger partial charge in [0.05, 0.1) is 0 Å². The molecular formula is C14H12ClFN2O. The summed E-state index contributed by atoms with van der Waals surface area (Å²) in [5, 5.41) is 3.50. The summed E-state index contributed by atoms with van der Waals surface area (Å²) in [5.74, 6) is -0.826. The standard InChI is InChI=1S/C14H12ClFN2O/c15-13-7-11(16)4-1-10(13)8-18-12-5-2-9(3-6-12)14(17)19/h1-7,18H,8H2,(H2,17,19). The summed E-state index contributed by atoms with van der Waals surface area (Å²) in [6.07, 6.45) is 0. The fourth-order valence-electron chi connectivity index (χ4n) is 1.61. The third-order valence-corrected chi connectivity index (χ3v) is 3.02. The molecule has 0 saturated heterocycles. The van der Waals surface area contributed by atoms with Crippen LogP contribution in [0.3, 0.4) is 0 Å². The Bertz CT molecular complexity index is 599. The summed E-state index contributed by atoms with van der Waals surface area (Å²) in [7, 11) is 0. The summed E-state index contributed by atoms with van der Waals surface area (Å²) in [5.41, 5.74) is 7.22. The number of anilines is 1. The molecule has 2 aromatic rings. The molecule has 0 spiro atoms. The molecule has 98 valence electrons. The Morgan fingerprint density at radius 1 is 1.21 bits per heavy atom. The minimum Gasteiger partial charge on any atom is -0.381 e. The van der Waals surface area contributed by atoms with Crippen LogP contribution in [0, 0.1) is 5.82 Å². The lowest BCUT2D eigenvalue weighted by Gasteiger charge is -2.08. The fourth-order valence-corrected chi connectivity index (χ4v) is 1.85. The van der Waals surface area contributed by atoms with E-state index in [4.69, 9.17) is 17.3 Å². The molecule has 3 nitrogen and oxygen atoms in total. The Morgan fingerprint density at radius 2 is 1.89 bits per heavy atom. The Labute approximate surface area is 115 Å². The van der Waals surface area contributed by atoms with Gasteiger partial charge in [-0.25, -0.2) is 4.39 Å². The van der Waals surface area contributed by atoms with Gasteiger partial charge in [0.15, 0.2) is 0 Å². The molecule has 0 aromatic heterocycles. The minimum atomic E-state index is -0.465. The summed E-state index contributed by atoms with van der Waals surface area (Å²) in [4.78, 5) is 10.9. The lowest BCUT2D eigenvalue weighted by molar-refractivity contribution is 0.100. The van der Waals surface area contributed by atoms with Crippen LogP contribution < -0.4 is 11.1 Å². The summed E-state index contributed by atoms with van der Waals surface area (Å²) < 4.78 is 12.9. The molecule has 0 atom stereocenters. The van der Waals surface area contributed by atoms with E-state index in [1.165, 1.54) is 12.1 Å². The van der Waals surface area contributed by atoms with Crippen molar-refractivity contribution in [2.45, 2.75) is 6.54 Å². The molecule has 0 radical (unpaired) electrons. The third-order valence-electron chi connectivity index (χ3n) is 2.67. The number of benzene rings is 2. The van der Waals surface area contributed by atoms with E-state index in [-0.39, 0.29) is 5.82 Å². The van der Waals surface area contributed by atoms with Crippen molar-refractivity contribution < 1.29 is 9.18 Å². The van der Waals surface area contributed by atoms with Crippen LogP contribution in [-0.2, 0) is 6.54 Å². The number of primary amides is 1. The average Bonchev–Trinajstić information content (AvgIpc) is 2.38. The number of hydrogen-bond acceptors (Lipinski definition) is 2. The van der Waals surface area contributed by atoms with E-state index >= 15 is 0 Å². The predicted octanol–water partition coefficient (Wildman–Crippen LogP) is 3.19. The Hall–Kier alpha value is -2.07. The van der Waals surface area contributed by atoms with Crippen LogP contribution in [0.2, 0.25) is 5.02 Å². The van der Waals surface area contributed by atoms with E-state index in [1.54, 1.807) is 30.3 Å². The second-order valence-corrected chi connectivity index (χ2v) is 4.44. The highest BCUT2D eigenvalue weighted by atomic mass is 35.5. The zero-order chi connectivity index (χ0) is 13.8. The molecule has 2 rings (SSSR count). The topological polar surface area (TPSA) is 55.1 Å². The third kappa shape index (κ3) is 3.45. The van der Waals surface area contributed by atoms with Gasteiger partial charge in [-0.05, 0) is 42.0 Å². The number of carbonyl (C=O) groups is 1. The first-order chi connectivity index (χ1) is 9.06. The molecule has 0 aliphatic rings.